The number of nitrogens with zero attached hydrogens (tertiary/aromatic N) is 1. The molecule has 1 fully saturated rings. The second-order valence-corrected chi connectivity index (χ2v) is 8.68. The monoisotopic (exact) mass is 572 g/mol. The van der Waals surface area contributed by atoms with Crippen LogP contribution in [0.1, 0.15) is 34.6 Å². The maximum Gasteiger partial charge on any atom is 0.490 e. The highest BCUT2D eigenvalue weighted by Crippen LogP contribution is 2.37. The van der Waals surface area contributed by atoms with Gasteiger partial charge in [-0.2, -0.15) is 39.5 Å². The van der Waals surface area contributed by atoms with E-state index in [4.69, 9.17) is 10.5 Å². The van der Waals surface area contributed by atoms with Gasteiger partial charge in [-0.05, 0) is 35.7 Å². The van der Waals surface area contributed by atoms with Crippen LogP contribution in [0.2, 0.25) is 0 Å². The molecular weight excluding hydrogens is 551 g/mol. The molecular formula is C24H21F9N2O4. The van der Waals surface area contributed by atoms with Crippen molar-refractivity contribution in [3.63, 3.8) is 0 Å². The molecule has 0 saturated carbocycles. The molecule has 0 radical (unpaired) electrons. The van der Waals surface area contributed by atoms with Gasteiger partial charge in [-0.25, -0.2) is 4.79 Å². The van der Waals surface area contributed by atoms with Crippen LogP contribution < -0.4 is 5.73 Å². The minimum atomic E-state index is -5.37. The van der Waals surface area contributed by atoms with E-state index in [1.54, 1.807) is 30.3 Å². The normalized spacial score (nSPS) is 19.5. The van der Waals surface area contributed by atoms with Crippen LogP contribution in [0.4, 0.5) is 39.5 Å². The van der Waals surface area contributed by atoms with Gasteiger partial charge in [0.15, 0.2) is 0 Å². The fraction of sp³-hybridized carbons (Fsp3) is 0.417. The molecule has 1 aliphatic rings. The predicted molar refractivity (Wildman–Crippen MR) is 116 cm³/mol. The number of amides is 1. The van der Waals surface area contributed by atoms with Gasteiger partial charge in [-0.3, -0.25) is 10.5 Å². The van der Waals surface area contributed by atoms with Crippen LogP contribution in [0.5, 0.6) is 0 Å². The van der Waals surface area contributed by atoms with Gasteiger partial charge in [0.05, 0.1) is 23.8 Å². The third kappa shape index (κ3) is 7.85. The number of likely N-dealkylation sites (tertiary alicyclic amines) is 1. The first kappa shape index (κ1) is 30.2. The molecule has 1 aliphatic heterocycles. The molecule has 0 bridgehead atoms. The molecule has 2 N–H and O–H groups in total. The summed E-state index contributed by atoms with van der Waals surface area (Å²) in [6.07, 6.45) is -18.5. The Labute approximate surface area is 215 Å². The fourth-order valence-corrected chi connectivity index (χ4v) is 4.07. The second kappa shape index (κ2) is 11.4. The molecule has 3 rings (SSSR count). The third-order valence-electron chi connectivity index (χ3n) is 5.91. The zero-order chi connectivity index (χ0) is 29.2. The van der Waals surface area contributed by atoms with Gasteiger partial charge in [0.1, 0.15) is 0 Å². The SMILES string of the molecule is NC(OC(=O)C(F)(F)F)C(=O)N1CCC(OCc2cc(C(F)(F)F)cc(C(F)(F)F)c2)C(c2ccccc2)C1. The summed E-state index contributed by atoms with van der Waals surface area (Å²) in [6.45, 7) is -0.973. The quantitative estimate of drug-likeness (QED) is 0.299. The van der Waals surface area contributed by atoms with Gasteiger partial charge in [0.2, 0.25) is 6.23 Å². The minimum absolute atomic E-state index is 0.00364. The van der Waals surface area contributed by atoms with Crippen LogP contribution >= 0.6 is 0 Å². The summed E-state index contributed by atoms with van der Waals surface area (Å²) >= 11 is 0. The summed E-state index contributed by atoms with van der Waals surface area (Å²) in [4.78, 5) is 24.7. The number of rotatable bonds is 6. The van der Waals surface area contributed by atoms with Crippen molar-refractivity contribution >= 4 is 11.9 Å². The Balaban J connectivity index is 1.80. The van der Waals surface area contributed by atoms with Crippen LogP contribution in [-0.2, 0) is 38.0 Å². The number of carbonyl (C=O) groups is 2. The highest BCUT2D eigenvalue weighted by Gasteiger charge is 2.44. The Morgan fingerprint density at radius 1 is 0.923 bits per heavy atom. The molecule has 3 atom stereocenters. The molecule has 0 spiro atoms. The number of alkyl halides is 9. The van der Waals surface area contributed by atoms with Crippen molar-refractivity contribution in [2.24, 2.45) is 5.73 Å². The average molecular weight is 572 g/mol. The second-order valence-electron chi connectivity index (χ2n) is 8.68. The number of halogens is 9. The van der Waals surface area contributed by atoms with Crippen LogP contribution in [-0.4, -0.2) is 48.4 Å². The van der Waals surface area contributed by atoms with Gasteiger partial charge >= 0.3 is 24.5 Å². The lowest BCUT2D eigenvalue weighted by molar-refractivity contribution is -0.206. The summed E-state index contributed by atoms with van der Waals surface area (Å²) in [7, 11) is 0. The molecule has 1 amide bonds. The Kier molecular flexibility index (Phi) is 8.85. The smallest absolute Gasteiger partial charge is 0.430 e. The molecule has 6 nitrogen and oxygen atoms in total. The predicted octanol–water partition coefficient (Wildman–Crippen LogP) is 5.02. The molecule has 2 aromatic rings. The lowest BCUT2D eigenvalue weighted by atomic mass is 9.87. The summed E-state index contributed by atoms with van der Waals surface area (Å²) in [5.41, 5.74) is 2.53. The molecule has 39 heavy (non-hydrogen) atoms. The molecule has 214 valence electrons. The number of benzene rings is 2. The first-order valence-corrected chi connectivity index (χ1v) is 11.2. The topological polar surface area (TPSA) is 81.9 Å². The van der Waals surface area contributed by atoms with Crippen molar-refractivity contribution in [3.05, 3.63) is 70.8 Å². The molecule has 1 saturated heterocycles. The maximum absolute atomic E-state index is 13.2. The van der Waals surface area contributed by atoms with E-state index in [1.807, 2.05) is 0 Å². The molecule has 15 heteroatoms. The number of ether oxygens (including phenoxy) is 2. The zero-order valence-corrected chi connectivity index (χ0v) is 19.7. The van der Waals surface area contributed by atoms with Crippen molar-refractivity contribution in [1.82, 2.24) is 4.90 Å². The van der Waals surface area contributed by atoms with E-state index in [1.165, 1.54) is 0 Å². The molecule has 3 unspecified atom stereocenters. The van der Waals surface area contributed by atoms with Crippen LogP contribution in [0.15, 0.2) is 48.5 Å². The van der Waals surface area contributed by atoms with Gasteiger partial charge in [-0.1, -0.05) is 30.3 Å². The van der Waals surface area contributed by atoms with E-state index >= 15 is 0 Å². The lowest BCUT2D eigenvalue weighted by Gasteiger charge is -2.39. The number of esters is 1. The van der Waals surface area contributed by atoms with E-state index in [2.05, 4.69) is 4.74 Å². The third-order valence-corrected chi connectivity index (χ3v) is 5.91. The van der Waals surface area contributed by atoms with Crippen molar-refractivity contribution in [1.29, 1.82) is 0 Å². The van der Waals surface area contributed by atoms with Gasteiger partial charge in [0.25, 0.3) is 5.91 Å². The molecule has 1 heterocycles. The standard InChI is InChI=1S/C24H21F9N2O4/c25-22(26,27)15-8-13(9-16(10-15)23(28,29)30)12-38-18-6-7-35(11-17(18)14-4-2-1-3-5-14)20(36)19(34)39-21(37)24(31,32)33/h1-5,8-10,17-19H,6-7,11-12,34H2. The zero-order valence-electron chi connectivity index (χ0n) is 19.7. The van der Waals surface area contributed by atoms with Crippen LogP contribution in [0, 0.1) is 0 Å². The average Bonchev–Trinajstić information content (AvgIpc) is 2.85. The minimum Gasteiger partial charge on any atom is -0.430 e. The Morgan fingerprint density at radius 2 is 1.49 bits per heavy atom. The Bertz CT molecular complexity index is 1130. The van der Waals surface area contributed by atoms with E-state index < -0.39 is 66.4 Å². The molecule has 0 aromatic heterocycles. The summed E-state index contributed by atoms with van der Waals surface area (Å²) in [6, 6.07) is 9.27. The Morgan fingerprint density at radius 3 is 2.00 bits per heavy atom. The number of carbonyl (C=O) groups excluding carboxylic acids is 2. The van der Waals surface area contributed by atoms with Crippen molar-refractivity contribution in [2.45, 2.75) is 49.8 Å². The van der Waals surface area contributed by atoms with E-state index in [0.717, 1.165) is 4.90 Å². The number of hydrogen-bond donors (Lipinski definition) is 1. The fourth-order valence-electron chi connectivity index (χ4n) is 4.07. The largest absolute Gasteiger partial charge is 0.490 e. The van der Waals surface area contributed by atoms with Gasteiger partial charge in [0, 0.05) is 19.0 Å². The number of piperidine rings is 1. The van der Waals surface area contributed by atoms with Crippen molar-refractivity contribution in [3.8, 4) is 0 Å². The van der Waals surface area contributed by atoms with Crippen LogP contribution in [0.3, 0.4) is 0 Å². The lowest BCUT2D eigenvalue weighted by Crippen LogP contribution is -2.53. The van der Waals surface area contributed by atoms with Gasteiger partial charge in [-0.15, -0.1) is 0 Å². The van der Waals surface area contributed by atoms with Crippen molar-refractivity contribution < 1.29 is 58.6 Å². The highest BCUT2D eigenvalue weighted by atomic mass is 19.4. The van der Waals surface area contributed by atoms with Crippen molar-refractivity contribution in [2.75, 3.05) is 13.1 Å². The van der Waals surface area contributed by atoms with Gasteiger partial charge < -0.3 is 14.4 Å². The number of hydrogen-bond acceptors (Lipinski definition) is 5. The summed E-state index contributed by atoms with van der Waals surface area (Å²) in [5.74, 6) is -4.47. The van der Waals surface area contributed by atoms with E-state index in [9.17, 15) is 49.1 Å². The van der Waals surface area contributed by atoms with Crippen LogP contribution in [0.25, 0.3) is 0 Å². The van der Waals surface area contributed by atoms with E-state index in [0.29, 0.717) is 17.7 Å². The molecule has 0 aliphatic carbocycles. The summed E-state index contributed by atoms with van der Waals surface area (Å²) < 4.78 is 126. The Hall–Kier alpha value is -3.33. The highest BCUT2D eigenvalue weighted by molar-refractivity contribution is 5.84. The summed E-state index contributed by atoms with van der Waals surface area (Å²) in [5, 5.41) is 0. The first-order valence-electron chi connectivity index (χ1n) is 11.2. The molecule has 2 aromatic carbocycles. The first-order chi connectivity index (χ1) is 18.0. The maximum atomic E-state index is 13.2. The van der Waals surface area contributed by atoms with E-state index in [-0.39, 0.29) is 31.1 Å². The number of nitrogens with two attached hydrogens (primary N) is 1.